The third-order valence-corrected chi connectivity index (χ3v) is 3.30. The molecule has 3 aromatic rings. The molecule has 0 aliphatic rings. The molecule has 0 aliphatic carbocycles. The molecule has 0 atom stereocenters. The standard InChI is InChI=1S/C14H11BrN4O/c1-20-12-4-2-3-11(7-12)19-9-13(17-18-19)10-5-6-14(15)16-8-10/h2-9H,1H3. The van der Waals surface area contributed by atoms with Crippen molar-refractivity contribution in [2.45, 2.75) is 0 Å². The third kappa shape index (κ3) is 2.55. The molecule has 0 radical (unpaired) electrons. The van der Waals surface area contributed by atoms with E-state index in [4.69, 9.17) is 4.74 Å². The quantitative estimate of drug-likeness (QED) is 0.692. The molecule has 0 fully saturated rings. The first-order chi connectivity index (χ1) is 9.76. The van der Waals surface area contributed by atoms with Gasteiger partial charge in [-0.15, -0.1) is 5.10 Å². The molecule has 0 bridgehead atoms. The van der Waals surface area contributed by atoms with E-state index in [0.29, 0.717) is 0 Å². The largest absolute Gasteiger partial charge is 0.497 e. The van der Waals surface area contributed by atoms with Crippen LogP contribution >= 0.6 is 15.9 Å². The number of benzene rings is 1. The van der Waals surface area contributed by atoms with E-state index in [2.05, 4.69) is 31.2 Å². The molecule has 6 heteroatoms. The Morgan fingerprint density at radius 3 is 2.85 bits per heavy atom. The summed E-state index contributed by atoms with van der Waals surface area (Å²) in [5.74, 6) is 0.782. The minimum atomic E-state index is 0.771. The van der Waals surface area contributed by atoms with Crippen LogP contribution in [-0.2, 0) is 0 Å². The third-order valence-electron chi connectivity index (χ3n) is 2.83. The molecule has 0 saturated carbocycles. The zero-order chi connectivity index (χ0) is 13.9. The number of rotatable bonds is 3. The van der Waals surface area contributed by atoms with Crippen LogP contribution in [0.4, 0.5) is 0 Å². The molecule has 2 heterocycles. The zero-order valence-corrected chi connectivity index (χ0v) is 12.3. The van der Waals surface area contributed by atoms with Gasteiger partial charge in [0, 0.05) is 17.8 Å². The minimum absolute atomic E-state index is 0.771. The van der Waals surface area contributed by atoms with Crippen molar-refractivity contribution in [3.05, 3.63) is 53.4 Å². The second-order valence-corrected chi connectivity index (χ2v) is 4.93. The van der Waals surface area contributed by atoms with E-state index in [1.165, 1.54) is 0 Å². The van der Waals surface area contributed by atoms with Crippen molar-refractivity contribution in [1.82, 2.24) is 20.0 Å². The summed E-state index contributed by atoms with van der Waals surface area (Å²) in [6, 6.07) is 11.5. The molecule has 0 saturated heterocycles. The van der Waals surface area contributed by atoms with E-state index >= 15 is 0 Å². The van der Waals surface area contributed by atoms with Crippen molar-refractivity contribution < 1.29 is 4.74 Å². The molecule has 1 aromatic carbocycles. The zero-order valence-electron chi connectivity index (χ0n) is 10.7. The number of methoxy groups -OCH3 is 1. The van der Waals surface area contributed by atoms with E-state index in [-0.39, 0.29) is 0 Å². The summed E-state index contributed by atoms with van der Waals surface area (Å²) in [6.07, 6.45) is 3.61. The molecular formula is C14H11BrN4O. The van der Waals surface area contributed by atoms with Gasteiger partial charge in [-0.05, 0) is 40.2 Å². The van der Waals surface area contributed by atoms with E-state index < -0.39 is 0 Å². The Morgan fingerprint density at radius 2 is 2.10 bits per heavy atom. The van der Waals surface area contributed by atoms with Gasteiger partial charge in [0.15, 0.2) is 0 Å². The van der Waals surface area contributed by atoms with Crippen LogP contribution in [0.5, 0.6) is 5.75 Å². The maximum Gasteiger partial charge on any atom is 0.121 e. The van der Waals surface area contributed by atoms with Gasteiger partial charge in [0.05, 0.1) is 19.0 Å². The normalized spacial score (nSPS) is 10.5. The smallest absolute Gasteiger partial charge is 0.121 e. The molecule has 20 heavy (non-hydrogen) atoms. The predicted octanol–water partition coefficient (Wildman–Crippen LogP) is 3.10. The minimum Gasteiger partial charge on any atom is -0.497 e. The van der Waals surface area contributed by atoms with Crippen molar-refractivity contribution in [1.29, 1.82) is 0 Å². The molecular weight excluding hydrogens is 320 g/mol. The summed E-state index contributed by atoms with van der Waals surface area (Å²) in [5.41, 5.74) is 2.59. The van der Waals surface area contributed by atoms with Crippen molar-refractivity contribution in [2.24, 2.45) is 0 Å². The van der Waals surface area contributed by atoms with Gasteiger partial charge in [-0.25, -0.2) is 9.67 Å². The van der Waals surface area contributed by atoms with Crippen molar-refractivity contribution in [2.75, 3.05) is 7.11 Å². The fourth-order valence-electron chi connectivity index (χ4n) is 1.80. The Kier molecular flexibility index (Phi) is 3.47. The maximum atomic E-state index is 5.20. The Labute approximate surface area is 124 Å². The monoisotopic (exact) mass is 330 g/mol. The second-order valence-electron chi connectivity index (χ2n) is 4.12. The molecule has 0 N–H and O–H groups in total. The lowest BCUT2D eigenvalue weighted by Crippen LogP contribution is -1.95. The molecule has 100 valence electrons. The lowest BCUT2D eigenvalue weighted by atomic mass is 10.2. The molecule has 0 amide bonds. The van der Waals surface area contributed by atoms with Gasteiger partial charge in [0.1, 0.15) is 16.0 Å². The van der Waals surface area contributed by atoms with Gasteiger partial charge in [-0.3, -0.25) is 0 Å². The molecule has 3 rings (SSSR count). The van der Waals surface area contributed by atoms with Crippen LogP contribution in [-0.4, -0.2) is 27.1 Å². The lowest BCUT2D eigenvalue weighted by molar-refractivity contribution is 0.414. The number of nitrogens with zero attached hydrogens (tertiary/aromatic N) is 4. The average Bonchev–Trinajstić information content (AvgIpc) is 2.98. The lowest BCUT2D eigenvalue weighted by Gasteiger charge is -2.03. The molecule has 0 spiro atoms. The molecule has 0 aliphatic heterocycles. The molecule has 0 unspecified atom stereocenters. The van der Waals surface area contributed by atoms with Gasteiger partial charge in [0.2, 0.25) is 0 Å². The van der Waals surface area contributed by atoms with Gasteiger partial charge < -0.3 is 4.74 Å². The van der Waals surface area contributed by atoms with Crippen LogP contribution < -0.4 is 4.74 Å². The second kappa shape index (κ2) is 5.42. The number of aromatic nitrogens is 4. The summed E-state index contributed by atoms with van der Waals surface area (Å²) < 4.78 is 7.71. The van der Waals surface area contributed by atoms with Crippen LogP contribution in [0.1, 0.15) is 0 Å². The SMILES string of the molecule is COc1cccc(-n2cc(-c3ccc(Br)nc3)nn2)c1. The van der Waals surface area contributed by atoms with Gasteiger partial charge in [-0.1, -0.05) is 11.3 Å². The molecule has 2 aromatic heterocycles. The highest BCUT2D eigenvalue weighted by atomic mass is 79.9. The average molecular weight is 331 g/mol. The van der Waals surface area contributed by atoms with Crippen LogP contribution in [0.25, 0.3) is 16.9 Å². The summed E-state index contributed by atoms with van der Waals surface area (Å²) in [7, 11) is 1.64. The first kappa shape index (κ1) is 12.8. The Balaban J connectivity index is 1.95. The van der Waals surface area contributed by atoms with E-state index in [9.17, 15) is 0 Å². The highest BCUT2D eigenvalue weighted by Gasteiger charge is 2.06. The van der Waals surface area contributed by atoms with Crippen molar-refractivity contribution in [3.63, 3.8) is 0 Å². The number of ether oxygens (including phenoxy) is 1. The van der Waals surface area contributed by atoms with Crippen LogP contribution in [0, 0.1) is 0 Å². The Hall–Kier alpha value is -2.21. The molecule has 5 nitrogen and oxygen atoms in total. The van der Waals surface area contributed by atoms with Gasteiger partial charge in [-0.2, -0.15) is 0 Å². The van der Waals surface area contributed by atoms with Gasteiger partial charge >= 0.3 is 0 Å². The van der Waals surface area contributed by atoms with E-state index in [1.54, 1.807) is 18.0 Å². The van der Waals surface area contributed by atoms with E-state index in [0.717, 1.165) is 27.3 Å². The number of pyridine rings is 1. The fourth-order valence-corrected chi connectivity index (χ4v) is 2.04. The number of hydrogen-bond donors (Lipinski definition) is 0. The van der Waals surface area contributed by atoms with E-state index in [1.807, 2.05) is 42.6 Å². The first-order valence-electron chi connectivity index (χ1n) is 5.95. The summed E-state index contributed by atoms with van der Waals surface area (Å²) in [6.45, 7) is 0. The Bertz CT molecular complexity index is 724. The number of halogens is 1. The van der Waals surface area contributed by atoms with Crippen LogP contribution in [0.15, 0.2) is 53.4 Å². The van der Waals surface area contributed by atoms with Crippen LogP contribution in [0.2, 0.25) is 0 Å². The summed E-state index contributed by atoms with van der Waals surface area (Å²) in [4.78, 5) is 4.18. The van der Waals surface area contributed by atoms with Crippen molar-refractivity contribution >= 4 is 15.9 Å². The van der Waals surface area contributed by atoms with Gasteiger partial charge in [0.25, 0.3) is 0 Å². The summed E-state index contributed by atoms with van der Waals surface area (Å²) in [5, 5.41) is 8.30. The highest BCUT2D eigenvalue weighted by molar-refractivity contribution is 9.10. The highest BCUT2D eigenvalue weighted by Crippen LogP contribution is 2.20. The van der Waals surface area contributed by atoms with Crippen molar-refractivity contribution in [3.8, 4) is 22.7 Å². The maximum absolute atomic E-state index is 5.20. The predicted molar refractivity (Wildman–Crippen MR) is 78.8 cm³/mol. The summed E-state index contributed by atoms with van der Waals surface area (Å²) >= 11 is 3.31. The number of hydrogen-bond acceptors (Lipinski definition) is 4. The van der Waals surface area contributed by atoms with Crippen LogP contribution in [0.3, 0.4) is 0 Å². The first-order valence-corrected chi connectivity index (χ1v) is 6.74. The topological polar surface area (TPSA) is 52.8 Å². The fraction of sp³-hybridized carbons (Fsp3) is 0.0714. The Morgan fingerprint density at radius 1 is 1.20 bits per heavy atom.